The third-order valence-electron chi connectivity index (χ3n) is 6.35. The summed E-state index contributed by atoms with van der Waals surface area (Å²) in [4.78, 5) is 5.11. The zero-order valence-electron chi connectivity index (χ0n) is 16.8. The quantitative estimate of drug-likeness (QED) is 0.262. The molecule has 0 unspecified atom stereocenters. The van der Waals surface area contributed by atoms with E-state index < -0.39 is 0 Å². The van der Waals surface area contributed by atoms with Crippen molar-refractivity contribution in [2.24, 2.45) is 0 Å². The van der Waals surface area contributed by atoms with Gasteiger partial charge in [0, 0.05) is 10.8 Å². The van der Waals surface area contributed by atoms with Gasteiger partial charge in [0.05, 0.1) is 16.6 Å². The molecule has 0 bridgehead atoms. The highest BCUT2D eigenvalue weighted by Gasteiger charge is 2.16. The summed E-state index contributed by atoms with van der Waals surface area (Å²) < 4.78 is 2.34. The number of hydrogen-bond acceptors (Lipinski definition) is 1. The number of hydrogen-bond donors (Lipinski definition) is 0. The molecule has 0 aliphatic rings. The monoisotopic (exact) mass is 394 g/mol. The van der Waals surface area contributed by atoms with Crippen molar-refractivity contribution in [1.29, 1.82) is 0 Å². The van der Waals surface area contributed by atoms with Crippen molar-refractivity contribution >= 4 is 49.1 Å². The van der Waals surface area contributed by atoms with Gasteiger partial charge in [0.15, 0.2) is 0 Å². The lowest BCUT2D eigenvalue weighted by Crippen LogP contribution is -1.93. The highest BCUT2D eigenvalue weighted by atomic mass is 15.0. The van der Waals surface area contributed by atoms with Crippen molar-refractivity contribution in [3.63, 3.8) is 0 Å². The van der Waals surface area contributed by atoms with Crippen LogP contribution in [0.25, 0.3) is 60.3 Å². The maximum atomic E-state index is 5.11. The van der Waals surface area contributed by atoms with E-state index in [1.54, 1.807) is 0 Å². The van der Waals surface area contributed by atoms with E-state index in [1.165, 1.54) is 43.6 Å². The second kappa shape index (κ2) is 6.16. The topological polar surface area (TPSA) is 17.3 Å². The summed E-state index contributed by atoms with van der Waals surface area (Å²) in [5.74, 6) is 0. The smallest absolute Gasteiger partial charge is 0.147 e. The Morgan fingerprint density at radius 3 is 2.23 bits per heavy atom. The zero-order valence-corrected chi connectivity index (χ0v) is 16.8. The van der Waals surface area contributed by atoms with Gasteiger partial charge in [-0.2, -0.15) is 0 Å². The molecule has 0 aliphatic heterocycles. The number of aromatic nitrogens is 2. The maximum Gasteiger partial charge on any atom is 0.147 e. The van der Waals surface area contributed by atoms with Gasteiger partial charge in [-0.1, -0.05) is 91.0 Å². The van der Waals surface area contributed by atoms with Crippen LogP contribution in [0.4, 0.5) is 0 Å². The molecule has 0 fully saturated rings. The summed E-state index contributed by atoms with van der Waals surface area (Å²) in [6.45, 7) is 0. The van der Waals surface area contributed by atoms with E-state index >= 15 is 0 Å². The summed E-state index contributed by atoms with van der Waals surface area (Å²) >= 11 is 0. The molecule has 0 atom stereocenters. The molecule has 2 nitrogen and oxygen atoms in total. The number of rotatable bonds is 1. The van der Waals surface area contributed by atoms with E-state index in [0.29, 0.717) is 0 Å². The van der Waals surface area contributed by atoms with E-state index in [1.807, 2.05) is 0 Å². The molecule has 0 amide bonds. The fraction of sp³-hybridized carbons (Fsp3) is 0. The number of fused-ring (bicyclic) bond motifs is 10. The Balaban J connectivity index is 1.76. The lowest BCUT2D eigenvalue weighted by molar-refractivity contribution is 1.32. The molecule has 2 aromatic heterocycles. The minimum atomic E-state index is 1.02. The third-order valence-corrected chi connectivity index (χ3v) is 6.35. The van der Waals surface area contributed by atoms with Crippen LogP contribution in [0, 0.1) is 0 Å². The Labute approximate surface area is 179 Å². The van der Waals surface area contributed by atoms with Gasteiger partial charge in [0.2, 0.25) is 0 Å². The first-order valence-electron chi connectivity index (χ1n) is 10.6. The van der Waals surface area contributed by atoms with Crippen molar-refractivity contribution in [3.05, 3.63) is 109 Å². The summed E-state index contributed by atoms with van der Waals surface area (Å²) in [6, 6.07) is 38.9. The van der Waals surface area contributed by atoms with Gasteiger partial charge in [0.25, 0.3) is 0 Å². The Kier molecular flexibility index (Phi) is 3.30. The van der Waals surface area contributed by atoms with Gasteiger partial charge in [-0.15, -0.1) is 0 Å². The number of pyridine rings is 1. The van der Waals surface area contributed by atoms with Gasteiger partial charge in [-0.25, -0.2) is 4.98 Å². The Hall–Kier alpha value is -4.17. The summed E-state index contributed by atoms with van der Waals surface area (Å²) in [7, 11) is 0. The second-order valence-electron chi connectivity index (χ2n) is 8.07. The summed E-state index contributed by atoms with van der Waals surface area (Å²) in [5.41, 5.74) is 6.81. The van der Waals surface area contributed by atoms with Crippen LogP contribution < -0.4 is 0 Å². The molecule has 0 radical (unpaired) electrons. The van der Waals surface area contributed by atoms with Crippen molar-refractivity contribution in [3.8, 4) is 11.1 Å². The Bertz CT molecular complexity index is 1780. The van der Waals surface area contributed by atoms with Crippen LogP contribution in [-0.4, -0.2) is 9.38 Å². The molecule has 5 aromatic carbocycles. The average molecular weight is 394 g/mol. The largest absolute Gasteiger partial charge is 0.292 e. The minimum Gasteiger partial charge on any atom is -0.292 e. The first kappa shape index (κ1) is 16.6. The molecule has 2 heteroatoms. The van der Waals surface area contributed by atoms with Crippen LogP contribution >= 0.6 is 0 Å². The molecule has 31 heavy (non-hydrogen) atoms. The molecular weight excluding hydrogens is 376 g/mol. The van der Waals surface area contributed by atoms with Crippen molar-refractivity contribution in [2.45, 2.75) is 0 Å². The molecule has 0 saturated carbocycles. The summed E-state index contributed by atoms with van der Waals surface area (Å²) in [5, 5.41) is 6.19. The van der Waals surface area contributed by atoms with Crippen molar-refractivity contribution in [2.75, 3.05) is 0 Å². The Morgan fingerprint density at radius 2 is 1.29 bits per heavy atom. The highest BCUT2D eigenvalue weighted by Crippen LogP contribution is 2.37. The molecule has 0 N–H and O–H groups in total. The number of para-hydroxylation sites is 2. The molecule has 0 saturated heterocycles. The lowest BCUT2D eigenvalue weighted by Gasteiger charge is -2.13. The van der Waals surface area contributed by atoms with E-state index in [0.717, 1.165) is 16.7 Å². The predicted molar refractivity (Wildman–Crippen MR) is 131 cm³/mol. The first-order valence-corrected chi connectivity index (χ1v) is 10.6. The first-order chi connectivity index (χ1) is 15.4. The zero-order chi connectivity index (χ0) is 20.4. The van der Waals surface area contributed by atoms with Crippen LogP contribution in [0.1, 0.15) is 0 Å². The van der Waals surface area contributed by atoms with Crippen molar-refractivity contribution in [1.82, 2.24) is 9.38 Å². The molecular formula is C29H18N2. The molecule has 2 heterocycles. The second-order valence-corrected chi connectivity index (χ2v) is 8.07. The fourth-order valence-electron chi connectivity index (χ4n) is 4.93. The van der Waals surface area contributed by atoms with Gasteiger partial charge in [-0.05, 0) is 45.5 Å². The minimum absolute atomic E-state index is 1.02. The fourth-order valence-corrected chi connectivity index (χ4v) is 4.93. The Morgan fingerprint density at radius 1 is 0.516 bits per heavy atom. The van der Waals surface area contributed by atoms with Gasteiger partial charge in [-0.3, -0.25) is 4.40 Å². The molecule has 144 valence electrons. The van der Waals surface area contributed by atoms with Crippen LogP contribution in [0.2, 0.25) is 0 Å². The average Bonchev–Trinajstić information content (AvgIpc) is 3.24. The third kappa shape index (κ3) is 2.30. The normalized spacial score (nSPS) is 11.9. The summed E-state index contributed by atoms with van der Waals surface area (Å²) in [6.07, 6.45) is 0. The van der Waals surface area contributed by atoms with Gasteiger partial charge in [0.1, 0.15) is 5.65 Å². The van der Waals surface area contributed by atoms with Crippen LogP contribution in [0.15, 0.2) is 109 Å². The SMILES string of the molecule is c1ccc(-c2ccc3c4ccc5ccccc5c4c4nc5ccccc5n4c3c2)cc1. The van der Waals surface area contributed by atoms with E-state index in [4.69, 9.17) is 4.98 Å². The van der Waals surface area contributed by atoms with E-state index in [-0.39, 0.29) is 0 Å². The molecule has 0 spiro atoms. The standard InChI is InChI=1S/C29H18N2/c1-2-8-19(9-3-1)21-15-16-23-24-17-14-20-10-4-5-11-22(20)28(24)29-30-25-12-6-7-13-26(25)31(29)27(23)18-21/h1-18H. The number of imidazole rings is 1. The van der Waals surface area contributed by atoms with Crippen LogP contribution in [0.3, 0.4) is 0 Å². The highest BCUT2D eigenvalue weighted by molar-refractivity contribution is 6.23. The molecule has 7 rings (SSSR count). The lowest BCUT2D eigenvalue weighted by atomic mass is 9.97. The number of benzene rings is 5. The van der Waals surface area contributed by atoms with Gasteiger partial charge < -0.3 is 0 Å². The number of nitrogens with zero attached hydrogens (tertiary/aromatic N) is 2. The van der Waals surface area contributed by atoms with Crippen LogP contribution in [-0.2, 0) is 0 Å². The predicted octanol–water partition coefficient (Wildman–Crippen LogP) is 7.61. The van der Waals surface area contributed by atoms with Crippen molar-refractivity contribution < 1.29 is 0 Å². The van der Waals surface area contributed by atoms with Crippen LogP contribution in [0.5, 0.6) is 0 Å². The maximum absolute atomic E-state index is 5.11. The molecule has 0 aliphatic carbocycles. The van der Waals surface area contributed by atoms with E-state index in [9.17, 15) is 0 Å². The van der Waals surface area contributed by atoms with E-state index in [2.05, 4.69) is 114 Å². The molecule has 7 aromatic rings. The van der Waals surface area contributed by atoms with Gasteiger partial charge >= 0.3 is 0 Å².